The zero-order valence-corrected chi connectivity index (χ0v) is 12.9. The molecule has 122 valence electrons. The molecule has 24 heavy (non-hydrogen) atoms. The summed E-state index contributed by atoms with van der Waals surface area (Å²) in [6.07, 6.45) is 1.36. The van der Waals surface area contributed by atoms with Crippen molar-refractivity contribution in [2.75, 3.05) is 10.6 Å². The number of aryl methyl sites for hydroxylation is 1. The van der Waals surface area contributed by atoms with E-state index in [1.165, 1.54) is 17.8 Å². The van der Waals surface area contributed by atoms with Gasteiger partial charge in [0, 0.05) is 12.6 Å². The van der Waals surface area contributed by atoms with Gasteiger partial charge in [-0.3, -0.25) is 0 Å². The summed E-state index contributed by atoms with van der Waals surface area (Å²) in [7, 11) is 0. The molecule has 0 aliphatic rings. The topological polar surface area (TPSA) is 62.7 Å². The largest absolute Gasteiger partial charge is 0.349 e. The van der Waals surface area contributed by atoms with E-state index in [4.69, 9.17) is 0 Å². The molecule has 0 unspecified atom stereocenters. The maximum Gasteiger partial charge on any atom is 0.244 e. The van der Waals surface area contributed by atoms with Crippen LogP contribution >= 0.6 is 0 Å². The first kappa shape index (κ1) is 15.8. The molecule has 0 bridgehead atoms. The van der Waals surface area contributed by atoms with Crippen LogP contribution in [0.25, 0.3) is 0 Å². The predicted molar refractivity (Wildman–Crippen MR) is 88.0 cm³/mol. The Bertz CT molecular complexity index is 837. The Balaban J connectivity index is 1.68. The van der Waals surface area contributed by atoms with Crippen molar-refractivity contribution in [3.63, 3.8) is 0 Å². The van der Waals surface area contributed by atoms with Crippen LogP contribution in [-0.2, 0) is 6.54 Å². The molecule has 0 saturated heterocycles. The first-order chi connectivity index (χ1) is 11.6. The van der Waals surface area contributed by atoms with Crippen LogP contribution in [0.15, 0.2) is 48.7 Å². The highest BCUT2D eigenvalue weighted by Crippen LogP contribution is 2.19. The van der Waals surface area contributed by atoms with Gasteiger partial charge in [-0.2, -0.15) is 10.1 Å². The van der Waals surface area contributed by atoms with Gasteiger partial charge in [0.1, 0.15) is 11.6 Å². The fraction of sp³-hybridized carbons (Fsp3) is 0.118. The van der Waals surface area contributed by atoms with Crippen molar-refractivity contribution in [3.05, 3.63) is 71.4 Å². The van der Waals surface area contributed by atoms with E-state index in [0.29, 0.717) is 18.3 Å². The second-order valence-corrected chi connectivity index (χ2v) is 5.25. The number of benzene rings is 2. The van der Waals surface area contributed by atoms with Crippen LogP contribution in [0.1, 0.15) is 11.1 Å². The van der Waals surface area contributed by atoms with Crippen LogP contribution in [-0.4, -0.2) is 15.2 Å². The molecular weight excluding hydrogens is 312 g/mol. The summed E-state index contributed by atoms with van der Waals surface area (Å²) in [5, 5.41) is 13.5. The molecule has 0 aliphatic heterocycles. The summed E-state index contributed by atoms with van der Waals surface area (Å²) in [4.78, 5) is 4.21. The zero-order valence-electron chi connectivity index (χ0n) is 12.9. The molecule has 3 aromatic rings. The molecule has 0 fully saturated rings. The summed E-state index contributed by atoms with van der Waals surface area (Å²) in [6, 6.07) is 11.3. The number of nitrogens with zero attached hydrogens (tertiary/aromatic N) is 3. The molecule has 5 nitrogen and oxygen atoms in total. The number of hydrogen-bond donors (Lipinski definition) is 2. The Kier molecular flexibility index (Phi) is 4.60. The summed E-state index contributed by atoms with van der Waals surface area (Å²) < 4.78 is 26.6. The molecule has 1 heterocycles. The van der Waals surface area contributed by atoms with Gasteiger partial charge in [-0.1, -0.05) is 29.8 Å². The predicted octanol–water partition coefficient (Wildman–Crippen LogP) is 3.81. The highest BCUT2D eigenvalue weighted by molar-refractivity contribution is 5.56. The van der Waals surface area contributed by atoms with Crippen LogP contribution < -0.4 is 10.6 Å². The molecule has 2 N–H and O–H groups in total. The van der Waals surface area contributed by atoms with E-state index in [-0.39, 0.29) is 5.69 Å². The van der Waals surface area contributed by atoms with Crippen molar-refractivity contribution in [2.24, 2.45) is 0 Å². The van der Waals surface area contributed by atoms with Gasteiger partial charge in [0.2, 0.25) is 5.95 Å². The minimum Gasteiger partial charge on any atom is -0.349 e. The number of anilines is 3. The number of halogens is 2. The van der Waals surface area contributed by atoms with Gasteiger partial charge < -0.3 is 10.6 Å². The molecule has 7 heteroatoms. The number of rotatable bonds is 5. The Morgan fingerprint density at radius 1 is 1.04 bits per heavy atom. The number of hydrogen-bond acceptors (Lipinski definition) is 5. The SMILES string of the molecule is Cc1ccc(CNc2nncc(Nc3ccc(F)cc3F)n2)cc1. The Morgan fingerprint density at radius 2 is 1.83 bits per heavy atom. The number of aromatic nitrogens is 3. The van der Waals surface area contributed by atoms with Crippen molar-refractivity contribution in [2.45, 2.75) is 13.5 Å². The first-order valence-electron chi connectivity index (χ1n) is 7.31. The fourth-order valence-corrected chi connectivity index (χ4v) is 2.05. The highest BCUT2D eigenvalue weighted by atomic mass is 19.1. The average molecular weight is 327 g/mol. The molecule has 2 aromatic carbocycles. The van der Waals surface area contributed by atoms with Crippen molar-refractivity contribution in [1.82, 2.24) is 15.2 Å². The Hall–Kier alpha value is -3.09. The van der Waals surface area contributed by atoms with E-state index in [9.17, 15) is 8.78 Å². The lowest BCUT2D eigenvalue weighted by Crippen LogP contribution is -2.06. The minimum absolute atomic E-state index is 0.112. The Labute approximate surface area is 137 Å². The van der Waals surface area contributed by atoms with Crippen molar-refractivity contribution in [3.8, 4) is 0 Å². The quantitative estimate of drug-likeness (QED) is 0.746. The van der Waals surface area contributed by atoms with Gasteiger partial charge in [0.05, 0.1) is 11.9 Å². The fourth-order valence-electron chi connectivity index (χ4n) is 2.05. The van der Waals surface area contributed by atoms with Gasteiger partial charge in [0.25, 0.3) is 0 Å². The third-order valence-corrected chi connectivity index (χ3v) is 3.32. The normalized spacial score (nSPS) is 10.5. The second kappa shape index (κ2) is 6.99. The lowest BCUT2D eigenvalue weighted by atomic mass is 10.1. The van der Waals surface area contributed by atoms with Gasteiger partial charge in [-0.05, 0) is 24.6 Å². The van der Waals surface area contributed by atoms with Crippen LogP contribution in [0.4, 0.5) is 26.2 Å². The second-order valence-electron chi connectivity index (χ2n) is 5.25. The van der Waals surface area contributed by atoms with Gasteiger partial charge >= 0.3 is 0 Å². The minimum atomic E-state index is -0.706. The number of nitrogens with one attached hydrogen (secondary N) is 2. The third kappa shape index (κ3) is 4.01. The van der Waals surface area contributed by atoms with Gasteiger partial charge in [0.15, 0.2) is 5.82 Å². The lowest BCUT2D eigenvalue weighted by molar-refractivity contribution is 0.586. The van der Waals surface area contributed by atoms with E-state index >= 15 is 0 Å². The highest BCUT2D eigenvalue weighted by Gasteiger charge is 2.06. The summed E-state index contributed by atoms with van der Waals surface area (Å²) >= 11 is 0. The summed E-state index contributed by atoms with van der Waals surface area (Å²) in [6.45, 7) is 2.56. The molecule has 0 aliphatic carbocycles. The van der Waals surface area contributed by atoms with E-state index in [1.807, 2.05) is 31.2 Å². The maximum absolute atomic E-state index is 13.7. The Morgan fingerprint density at radius 3 is 2.58 bits per heavy atom. The van der Waals surface area contributed by atoms with Crippen molar-refractivity contribution < 1.29 is 8.78 Å². The maximum atomic E-state index is 13.7. The van der Waals surface area contributed by atoms with Crippen molar-refractivity contribution in [1.29, 1.82) is 0 Å². The van der Waals surface area contributed by atoms with Crippen LogP contribution in [0, 0.1) is 18.6 Å². The summed E-state index contributed by atoms with van der Waals surface area (Å²) in [5.41, 5.74) is 2.37. The van der Waals surface area contributed by atoms with Crippen LogP contribution in [0.2, 0.25) is 0 Å². The molecule has 0 atom stereocenters. The van der Waals surface area contributed by atoms with E-state index in [1.54, 1.807) is 0 Å². The molecule has 0 saturated carbocycles. The standard InChI is InChI=1S/C17H15F2N5/c1-11-2-4-12(5-3-11)9-20-17-23-16(10-21-24-17)22-15-7-6-13(18)8-14(15)19/h2-8,10H,9H2,1H3,(H2,20,22,23,24). The van der Waals surface area contributed by atoms with Gasteiger partial charge in [-0.15, -0.1) is 5.10 Å². The van der Waals surface area contributed by atoms with E-state index in [2.05, 4.69) is 25.8 Å². The molecular formula is C17H15F2N5. The molecule has 1 aromatic heterocycles. The molecule has 0 radical (unpaired) electrons. The van der Waals surface area contributed by atoms with E-state index < -0.39 is 11.6 Å². The average Bonchev–Trinajstić information content (AvgIpc) is 2.57. The van der Waals surface area contributed by atoms with Crippen LogP contribution in [0.3, 0.4) is 0 Å². The van der Waals surface area contributed by atoms with E-state index in [0.717, 1.165) is 17.7 Å². The lowest BCUT2D eigenvalue weighted by Gasteiger charge is -2.08. The first-order valence-corrected chi connectivity index (χ1v) is 7.31. The smallest absolute Gasteiger partial charge is 0.244 e. The molecule has 0 spiro atoms. The summed E-state index contributed by atoms with van der Waals surface area (Å²) in [5.74, 6) is -0.730. The molecule has 0 amide bonds. The van der Waals surface area contributed by atoms with Crippen LogP contribution in [0.5, 0.6) is 0 Å². The van der Waals surface area contributed by atoms with Crippen molar-refractivity contribution >= 4 is 17.5 Å². The monoisotopic (exact) mass is 327 g/mol. The molecule has 3 rings (SSSR count). The third-order valence-electron chi connectivity index (χ3n) is 3.32. The van der Waals surface area contributed by atoms with Gasteiger partial charge in [-0.25, -0.2) is 8.78 Å². The zero-order chi connectivity index (χ0) is 16.9.